The minimum Gasteiger partial charge on any atom is -0.306 e. The van der Waals surface area contributed by atoms with E-state index in [1.807, 2.05) is 26.0 Å². The molecule has 0 spiro atoms. The number of nitrogens with zero attached hydrogens (tertiary/aromatic N) is 1. The van der Waals surface area contributed by atoms with Gasteiger partial charge in [-0.1, -0.05) is 42.5 Å². The molecule has 120 valence electrons. The molecule has 2 aromatic carbocycles. The average molecular weight is 306 g/mol. The maximum Gasteiger partial charge on any atom is 0.0769 e. The first-order chi connectivity index (χ1) is 10.9. The van der Waals surface area contributed by atoms with Crippen molar-refractivity contribution in [3.8, 4) is 6.07 Å². The fourth-order valence-corrected chi connectivity index (χ4v) is 2.96. The Morgan fingerprint density at radius 1 is 1.09 bits per heavy atom. The van der Waals surface area contributed by atoms with Gasteiger partial charge in [0, 0.05) is 12.6 Å². The van der Waals surface area contributed by atoms with Gasteiger partial charge in [0.15, 0.2) is 0 Å². The number of nitriles is 1. The van der Waals surface area contributed by atoms with Gasteiger partial charge in [0.05, 0.1) is 11.5 Å². The zero-order chi connectivity index (χ0) is 17.0. The smallest absolute Gasteiger partial charge is 0.0769 e. The Bertz CT molecular complexity index is 723. The van der Waals surface area contributed by atoms with Crippen molar-refractivity contribution in [3.05, 3.63) is 70.3 Å². The zero-order valence-corrected chi connectivity index (χ0v) is 14.8. The number of hydrogen-bond acceptors (Lipinski definition) is 2. The van der Waals surface area contributed by atoms with Crippen LogP contribution in [0.15, 0.2) is 42.5 Å². The van der Waals surface area contributed by atoms with Crippen LogP contribution in [0.3, 0.4) is 0 Å². The molecular formula is C21H26N2. The lowest BCUT2D eigenvalue weighted by atomic mass is 9.83. The highest BCUT2D eigenvalue weighted by molar-refractivity contribution is 5.38. The van der Waals surface area contributed by atoms with Crippen LogP contribution in [0.1, 0.15) is 54.6 Å². The van der Waals surface area contributed by atoms with Gasteiger partial charge >= 0.3 is 0 Å². The van der Waals surface area contributed by atoms with Crippen molar-refractivity contribution in [2.75, 3.05) is 0 Å². The van der Waals surface area contributed by atoms with Crippen LogP contribution in [0.2, 0.25) is 0 Å². The molecule has 0 aliphatic carbocycles. The lowest BCUT2D eigenvalue weighted by Crippen LogP contribution is -2.23. The van der Waals surface area contributed by atoms with Crippen LogP contribution in [0.5, 0.6) is 0 Å². The number of rotatable bonds is 5. The topological polar surface area (TPSA) is 35.8 Å². The first-order valence-corrected chi connectivity index (χ1v) is 8.16. The third kappa shape index (κ3) is 3.81. The Labute approximate surface area is 140 Å². The van der Waals surface area contributed by atoms with Crippen LogP contribution in [0, 0.1) is 25.2 Å². The molecule has 1 N–H and O–H groups in total. The number of nitrogens with one attached hydrogen (secondary N) is 1. The molecule has 0 unspecified atom stereocenters. The summed E-state index contributed by atoms with van der Waals surface area (Å²) in [5, 5.41) is 13.0. The number of aryl methyl sites for hydroxylation is 1. The minimum atomic E-state index is -0.471. The fourth-order valence-electron chi connectivity index (χ4n) is 2.96. The molecule has 0 aliphatic heterocycles. The van der Waals surface area contributed by atoms with E-state index in [1.165, 1.54) is 22.3 Å². The highest BCUT2D eigenvalue weighted by Crippen LogP contribution is 2.26. The predicted octanol–water partition coefficient (Wildman–Crippen LogP) is 4.96. The van der Waals surface area contributed by atoms with Crippen molar-refractivity contribution in [2.45, 2.75) is 52.6 Å². The van der Waals surface area contributed by atoms with E-state index in [-0.39, 0.29) is 6.04 Å². The SMILES string of the molecule is Cc1cccc([C@@H](C)NCc2ccccc2C(C)(C)C#N)c1C. The quantitative estimate of drug-likeness (QED) is 0.848. The molecule has 0 fully saturated rings. The van der Waals surface area contributed by atoms with Crippen molar-refractivity contribution in [3.63, 3.8) is 0 Å². The molecule has 0 aliphatic rings. The Morgan fingerprint density at radius 2 is 1.78 bits per heavy atom. The summed E-state index contributed by atoms with van der Waals surface area (Å²) in [4.78, 5) is 0. The maximum atomic E-state index is 9.42. The Morgan fingerprint density at radius 3 is 2.48 bits per heavy atom. The van der Waals surface area contributed by atoms with Crippen molar-refractivity contribution in [2.24, 2.45) is 0 Å². The van der Waals surface area contributed by atoms with Crippen LogP contribution >= 0.6 is 0 Å². The molecule has 0 bridgehead atoms. The molecular weight excluding hydrogens is 280 g/mol. The van der Waals surface area contributed by atoms with E-state index in [0.717, 1.165) is 12.1 Å². The third-order valence-corrected chi connectivity index (χ3v) is 4.68. The first-order valence-electron chi connectivity index (χ1n) is 8.16. The van der Waals surface area contributed by atoms with Gasteiger partial charge in [0.1, 0.15) is 0 Å². The summed E-state index contributed by atoms with van der Waals surface area (Å²) in [5.74, 6) is 0. The number of hydrogen-bond donors (Lipinski definition) is 1. The highest BCUT2D eigenvalue weighted by atomic mass is 14.9. The summed E-state index contributed by atoms with van der Waals surface area (Å²) in [6.07, 6.45) is 0. The molecule has 0 radical (unpaired) electrons. The van der Waals surface area contributed by atoms with Gasteiger partial charge in [-0.25, -0.2) is 0 Å². The van der Waals surface area contributed by atoms with E-state index in [2.05, 4.69) is 62.5 Å². The van der Waals surface area contributed by atoms with E-state index in [4.69, 9.17) is 0 Å². The van der Waals surface area contributed by atoms with E-state index >= 15 is 0 Å². The molecule has 1 atom stereocenters. The first kappa shape index (κ1) is 17.2. The lowest BCUT2D eigenvalue weighted by molar-refractivity contribution is 0.562. The third-order valence-electron chi connectivity index (χ3n) is 4.68. The van der Waals surface area contributed by atoms with Gasteiger partial charge in [0.25, 0.3) is 0 Å². The zero-order valence-electron chi connectivity index (χ0n) is 14.8. The van der Waals surface area contributed by atoms with Gasteiger partial charge in [-0.2, -0.15) is 5.26 Å². The molecule has 0 saturated heterocycles. The largest absolute Gasteiger partial charge is 0.306 e. The average Bonchev–Trinajstić information content (AvgIpc) is 2.55. The van der Waals surface area contributed by atoms with E-state index in [9.17, 15) is 5.26 Å². The van der Waals surface area contributed by atoms with Crippen LogP contribution < -0.4 is 5.32 Å². The normalized spacial score (nSPS) is 12.7. The number of benzene rings is 2. The summed E-state index contributed by atoms with van der Waals surface area (Å²) in [5.41, 5.74) is 5.82. The monoisotopic (exact) mass is 306 g/mol. The van der Waals surface area contributed by atoms with Crippen molar-refractivity contribution in [1.29, 1.82) is 5.26 Å². The summed E-state index contributed by atoms with van der Waals surface area (Å²) in [6.45, 7) is 11.2. The molecule has 2 heteroatoms. The highest BCUT2D eigenvalue weighted by Gasteiger charge is 2.22. The van der Waals surface area contributed by atoms with Gasteiger partial charge in [-0.3, -0.25) is 0 Å². The van der Waals surface area contributed by atoms with E-state index in [0.29, 0.717) is 0 Å². The van der Waals surface area contributed by atoms with Crippen LogP contribution in [0.4, 0.5) is 0 Å². The van der Waals surface area contributed by atoms with Crippen molar-refractivity contribution in [1.82, 2.24) is 5.32 Å². The molecule has 0 heterocycles. The van der Waals surface area contributed by atoms with Gasteiger partial charge < -0.3 is 5.32 Å². The summed E-state index contributed by atoms with van der Waals surface area (Å²) in [7, 11) is 0. The molecule has 2 rings (SSSR count). The summed E-state index contributed by atoms with van der Waals surface area (Å²) >= 11 is 0. The van der Waals surface area contributed by atoms with Crippen molar-refractivity contribution >= 4 is 0 Å². The maximum absolute atomic E-state index is 9.42. The van der Waals surface area contributed by atoms with Gasteiger partial charge in [-0.05, 0) is 62.4 Å². The second-order valence-corrected chi connectivity index (χ2v) is 6.79. The van der Waals surface area contributed by atoms with E-state index < -0.39 is 5.41 Å². The standard InChI is InChI=1S/C21H26N2/c1-15-9-8-11-19(16(15)2)17(3)23-13-18-10-6-7-12-20(18)21(4,5)14-22/h6-12,17,23H,13H2,1-5H3/t17-/m1/s1. The van der Waals surface area contributed by atoms with E-state index in [1.54, 1.807) is 0 Å². The molecule has 2 nitrogen and oxygen atoms in total. The second kappa shape index (κ2) is 6.98. The summed E-state index contributed by atoms with van der Waals surface area (Å²) in [6, 6.07) is 17.3. The Kier molecular flexibility index (Phi) is 5.23. The molecule has 23 heavy (non-hydrogen) atoms. The Balaban J connectivity index is 2.19. The van der Waals surface area contributed by atoms with Crippen LogP contribution in [-0.4, -0.2) is 0 Å². The summed E-state index contributed by atoms with van der Waals surface area (Å²) < 4.78 is 0. The minimum absolute atomic E-state index is 0.271. The lowest BCUT2D eigenvalue weighted by Gasteiger charge is -2.23. The van der Waals surface area contributed by atoms with Gasteiger partial charge in [0.2, 0.25) is 0 Å². The van der Waals surface area contributed by atoms with Crippen LogP contribution in [0.25, 0.3) is 0 Å². The molecule has 0 saturated carbocycles. The van der Waals surface area contributed by atoms with Crippen molar-refractivity contribution < 1.29 is 0 Å². The predicted molar refractivity (Wildman–Crippen MR) is 96.3 cm³/mol. The molecule has 0 aromatic heterocycles. The van der Waals surface area contributed by atoms with Gasteiger partial charge in [-0.15, -0.1) is 0 Å². The fraction of sp³-hybridized carbons (Fsp3) is 0.381. The van der Waals surface area contributed by atoms with Crippen LogP contribution in [-0.2, 0) is 12.0 Å². The molecule has 2 aromatic rings. The second-order valence-electron chi connectivity index (χ2n) is 6.79. The Hall–Kier alpha value is -2.11. The molecule has 0 amide bonds.